The number of aryl methyl sites for hydroxylation is 1. The molecule has 0 aromatic heterocycles. The van der Waals surface area contributed by atoms with Crippen LogP contribution in [0.25, 0.3) is 0 Å². The fraction of sp³-hybridized carbons (Fsp3) is 0.133. The molecule has 1 unspecified atom stereocenters. The van der Waals surface area contributed by atoms with E-state index < -0.39 is 11.9 Å². The largest absolute Gasteiger partial charge is 0.355 e. The number of allylic oxidation sites excluding steroid dienone is 3. The van der Waals surface area contributed by atoms with E-state index in [4.69, 9.17) is 0 Å². The van der Waals surface area contributed by atoms with Crippen LogP contribution in [0.2, 0.25) is 0 Å². The average Bonchev–Trinajstić information content (AvgIpc) is 2.41. The van der Waals surface area contributed by atoms with Gasteiger partial charge in [-0.2, -0.15) is 4.99 Å². The molecular formula is C15H12N2O2. The first-order valence-corrected chi connectivity index (χ1v) is 6.05. The lowest BCUT2D eigenvalue weighted by molar-refractivity contribution is -0.118. The van der Waals surface area contributed by atoms with E-state index in [0.29, 0.717) is 11.4 Å². The molecule has 3 amide bonds. The summed E-state index contributed by atoms with van der Waals surface area (Å²) in [5, 5.41) is 0. The van der Waals surface area contributed by atoms with E-state index >= 15 is 0 Å². The maximum atomic E-state index is 12.4. The van der Waals surface area contributed by atoms with E-state index in [1.54, 1.807) is 36.4 Å². The molecule has 19 heavy (non-hydrogen) atoms. The van der Waals surface area contributed by atoms with E-state index in [2.05, 4.69) is 4.99 Å². The number of benzene rings is 1. The fourth-order valence-electron chi connectivity index (χ4n) is 2.17. The van der Waals surface area contributed by atoms with Crippen LogP contribution in [0.4, 0.5) is 10.5 Å². The maximum absolute atomic E-state index is 12.4. The third-order valence-electron chi connectivity index (χ3n) is 3.19. The summed E-state index contributed by atoms with van der Waals surface area (Å²) in [7, 11) is 0. The fourth-order valence-corrected chi connectivity index (χ4v) is 2.17. The molecule has 1 heterocycles. The molecule has 1 aromatic rings. The molecule has 0 saturated carbocycles. The van der Waals surface area contributed by atoms with Gasteiger partial charge in [-0.1, -0.05) is 35.9 Å². The number of fused-ring (bicyclic) bond motifs is 1. The van der Waals surface area contributed by atoms with Gasteiger partial charge in [-0.05, 0) is 25.1 Å². The van der Waals surface area contributed by atoms with E-state index in [1.165, 1.54) is 0 Å². The van der Waals surface area contributed by atoms with Crippen molar-refractivity contribution in [1.29, 1.82) is 0 Å². The molecule has 1 aliphatic heterocycles. The summed E-state index contributed by atoms with van der Waals surface area (Å²) >= 11 is 0. The number of carbonyl (C=O) groups is 2. The van der Waals surface area contributed by atoms with Crippen molar-refractivity contribution < 1.29 is 9.59 Å². The van der Waals surface area contributed by atoms with Crippen LogP contribution in [0, 0.1) is 12.8 Å². The second-order valence-corrected chi connectivity index (χ2v) is 4.55. The molecule has 0 bridgehead atoms. The number of urea groups is 1. The SMILES string of the molecule is Cc1ccc(N2C(=O)N=C3C=CC=CC3C2=O)cc1. The highest BCUT2D eigenvalue weighted by Gasteiger charge is 2.36. The van der Waals surface area contributed by atoms with E-state index in [1.807, 2.05) is 19.1 Å². The minimum absolute atomic E-state index is 0.251. The molecule has 0 saturated heterocycles. The quantitative estimate of drug-likeness (QED) is 0.771. The Bertz CT molecular complexity index is 639. The lowest BCUT2D eigenvalue weighted by Gasteiger charge is -2.28. The van der Waals surface area contributed by atoms with Crippen LogP contribution >= 0.6 is 0 Å². The standard InChI is InChI=1S/C15H12N2O2/c1-10-6-8-11(9-7-10)17-14(18)12-4-2-3-5-13(12)16-15(17)19/h2-9,12H,1H3. The highest BCUT2D eigenvalue weighted by Crippen LogP contribution is 2.25. The van der Waals surface area contributed by atoms with Gasteiger partial charge in [0, 0.05) is 0 Å². The van der Waals surface area contributed by atoms with Crippen LogP contribution < -0.4 is 4.90 Å². The summed E-state index contributed by atoms with van der Waals surface area (Å²) in [6.45, 7) is 1.95. The zero-order chi connectivity index (χ0) is 13.4. The summed E-state index contributed by atoms with van der Waals surface area (Å²) in [6.07, 6.45) is 7.03. The number of amides is 3. The Labute approximate surface area is 110 Å². The second kappa shape index (κ2) is 4.31. The third-order valence-corrected chi connectivity index (χ3v) is 3.19. The van der Waals surface area contributed by atoms with Gasteiger partial charge in [0.05, 0.1) is 17.3 Å². The minimum atomic E-state index is -0.528. The number of hydrogen-bond acceptors (Lipinski definition) is 2. The van der Waals surface area contributed by atoms with Crippen molar-refractivity contribution in [3.05, 3.63) is 54.1 Å². The number of anilines is 1. The number of nitrogens with zero attached hydrogens (tertiary/aromatic N) is 2. The summed E-state index contributed by atoms with van der Waals surface area (Å²) in [6, 6.07) is 6.72. The van der Waals surface area contributed by atoms with Gasteiger partial charge in [0.1, 0.15) is 0 Å². The lowest BCUT2D eigenvalue weighted by atomic mass is 9.95. The molecule has 2 aliphatic rings. The Morgan fingerprint density at radius 1 is 1.11 bits per heavy atom. The van der Waals surface area contributed by atoms with E-state index in [9.17, 15) is 9.59 Å². The molecule has 0 N–H and O–H groups in total. The number of hydrogen-bond donors (Lipinski definition) is 0. The van der Waals surface area contributed by atoms with Gasteiger partial charge in [0.2, 0.25) is 5.91 Å². The smallest absolute Gasteiger partial charge is 0.273 e. The molecule has 94 valence electrons. The van der Waals surface area contributed by atoms with Crippen LogP contribution in [-0.2, 0) is 4.79 Å². The Hall–Kier alpha value is -2.49. The summed E-state index contributed by atoms with van der Waals surface area (Å²) in [5.41, 5.74) is 2.15. The highest BCUT2D eigenvalue weighted by molar-refractivity contribution is 6.30. The maximum Gasteiger partial charge on any atom is 0.355 e. The van der Waals surface area contributed by atoms with Crippen molar-refractivity contribution in [2.24, 2.45) is 10.9 Å². The van der Waals surface area contributed by atoms with E-state index in [0.717, 1.165) is 10.5 Å². The van der Waals surface area contributed by atoms with Crippen molar-refractivity contribution in [3.8, 4) is 0 Å². The number of rotatable bonds is 1. The molecule has 1 aromatic carbocycles. The molecule has 1 aliphatic carbocycles. The first kappa shape index (κ1) is 11.6. The summed E-state index contributed by atoms with van der Waals surface area (Å²) in [4.78, 5) is 29.5. The van der Waals surface area contributed by atoms with Crippen molar-refractivity contribution in [1.82, 2.24) is 0 Å². The zero-order valence-electron chi connectivity index (χ0n) is 10.4. The Morgan fingerprint density at radius 3 is 2.58 bits per heavy atom. The summed E-state index contributed by atoms with van der Waals surface area (Å²) in [5.74, 6) is -0.705. The van der Waals surface area contributed by atoms with Crippen molar-refractivity contribution in [3.63, 3.8) is 0 Å². The monoisotopic (exact) mass is 252 g/mol. The molecule has 4 heteroatoms. The molecule has 0 radical (unpaired) electrons. The van der Waals surface area contributed by atoms with Crippen LogP contribution in [0.1, 0.15) is 5.56 Å². The molecule has 1 atom stereocenters. The second-order valence-electron chi connectivity index (χ2n) is 4.55. The van der Waals surface area contributed by atoms with Crippen LogP contribution in [0.3, 0.4) is 0 Å². The average molecular weight is 252 g/mol. The first-order chi connectivity index (χ1) is 9.16. The first-order valence-electron chi connectivity index (χ1n) is 6.05. The number of imide groups is 1. The van der Waals surface area contributed by atoms with Gasteiger partial charge in [-0.25, -0.2) is 9.69 Å². The van der Waals surface area contributed by atoms with Gasteiger partial charge in [0.25, 0.3) is 0 Å². The van der Waals surface area contributed by atoms with E-state index in [-0.39, 0.29) is 5.91 Å². The van der Waals surface area contributed by atoms with Gasteiger partial charge in [-0.15, -0.1) is 0 Å². The molecule has 4 nitrogen and oxygen atoms in total. The predicted molar refractivity (Wildman–Crippen MR) is 73.3 cm³/mol. The lowest BCUT2D eigenvalue weighted by Crippen LogP contribution is -2.46. The van der Waals surface area contributed by atoms with Crippen molar-refractivity contribution in [2.45, 2.75) is 6.92 Å². The van der Waals surface area contributed by atoms with Crippen molar-refractivity contribution in [2.75, 3.05) is 4.90 Å². The van der Waals surface area contributed by atoms with Crippen LogP contribution in [0.5, 0.6) is 0 Å². The minimum Gasteiger partial charge on any atom is -0.273 e. The molecule has 3 rings (SSSR count). The highest BCUT2D eigenvalue weighted by atomic mass is 16.2. The Kier molecular flexibility index (Phi) is 2.63. The topological polar surface area (TPSA) is 49.7 Å². The number of carbonyl (C=O) groups excluding carboxylic acids is 2. The predicted octanol–water partition coefficient (Wildman–Crippen LogP) is 2.64. The van der Waals surface area contributed by atoms with Gasteiger partial charge in [0.15, 0.2) is 0 Å². The van der Waals surface area contributed by atoms with Gasteiger partial charge in [-0.3, -0.25) is 4.79 Å². The number of aliphatic imine (C=N–C) groups is 1. The van der Waals surface area contributed by atoms with Crippen LogP contribution in [-0.4, -0.2) is 17.6 Å². The molecule has 0 fully saturated rings. The van der Waals surface area contributed by atoms with Gasteiger partial charge >= 0.3 is 6.03 Å². The van der Waals surface area contributed by atoms with Crippen LogP contribution in [0.15, 0.2) is 53.6 Å². The normalized spacial score (nSPS) is 21.4. The molecule has 0 spiro atoms. The summed E-state index contributed by atoms with van der Waals surface area (Å²) < 4.78 is 0. The third kappa shape index (κ3) is 1.91. The Balaban J connectivity index is 2.03. The molecular weight excluding hydrogens is 240 g/mol. The Morgan fingerprint density at radius 2 is 1.84 bits per heavy atom. The zero-order valence-corrected chi connectivity index (χ0v) is 10.4. The van der Waals surface area contributed by atoms with Crippen molar-refractivity contribution >= 4 is 23.3 Å². The van der Waals surface area contributed by atoms with Gasteiger partial charge < -0.3 is 0 Å².